The van der Waals surface area contributed by atoms with Crippen molar-refractivity contribution in [3.63, 3.8) is 0 Å². The summed E-state index contributed by atoms with van der Waals surface area (Å²) >= 11 is 11.4. The number of hydrogen-bond donors (Lipinski definition) is 1. The van der Waals surface area contributed by atoms with Crippen molar-refractivity contribution in [3.8, 4) is 0 Å². The van der Waals surface area contributed by atoms with Gasteiger partial charge in [0.25, 0.3) is 0 Å². The topological polar surface area (TPSA) is 12.0 Å². The highest BCUT2D eigenvalue weighted by Gasteiger charge is 2.17. The van der Waals surface area contributed by atoms with Crippen molar-refractivity contribution >= 4 is 38.9 Å². The van der Waals surface area contributed by atoms with Crippen LogP contribution in [-0.2, 0) is 0 Å². The molecule has 0 amide bonds. The lowest BCUT2D eigenvalue weighted by molar-refractivity contribution is 0.638. The average molecular weight is 331 g/mol. The number of nitrogens with one attached hydrogen (secondary N) is 1. The lowest BCUT2D eigenvalue weighted by atomic mass is 10.1. The van der Waals surface area contributed by atoms with Crippen LogP contribution in [0.2, 0.25) is 5.02 Å². The normalized spacial score (nSPS) is 12.6. The lowest BCUT2D eigenvalue weighted by Crippen LogP contribution is -2.21. The first-order chi connectivity index (χ1) is 8.22. The second-order valence-corrected chi connectivity index (χ2v) is 5.92. The summed E-state index contributed by atoms with van der Waals surface area (Å²) in [6.45, 7) is 3.03. The second-order valence-electron chi connectivity index (χ2n) is 3.68. The lowest BCUT2D eigenvalue weighted by Gasteiger charge is -2.18. The molecule has 0 aliphatic rings. The van der Waals surface area contributed by atoms with E-state index in [-0.39, 0.29) is 6.04 Å². The van der Waals surface area contributed by atoms with Gasteiger partial charge in [-0.25, -0.2) is 0 Å². The van der Waals surface area contributed by atoms with Crippen molar-refractivity contribution in [1.82, 2.24) is 5.32 Å². The molecule has 1 unspecified atom stereocenters. The van der Waals surface area contributed by atoms with Gasteiger partial charge in [0.15, 0.2) is 0 Å². The molecule has 1 heterocycles. The summed E-state index contributed by atoms with van der Waals surface area (Å²) in [5.41, 5.74) is 1.20. The van der Waals surface area contributed by atoms with E-state index in [0.717, 1.165) is 16.0 Å². The summed E-state index contributed by atoms with van der Waals surface area (Å²) in [4.78, 5) is 1.29. The van der Waals surface area contributed by atoms with E-state index in [9.17, 15) is 0 Å². The summed E-state index contributed by atoms with van der Waals surface area (Å²) in [7, 11) is 0. The van der Waals surface area contributed by atoms with Crippen LogP contribution in [0, 0.1) is 0 Å². The van der Waals surface area contributed by atoms with Gasteiger partial charge in [0.1, 0.15) is 0 Å². The van der Waals surface area contributed by atoms with Crippen LogP contribution in [0.25, 0.3) is 0 Å². The molecule has 2 aromatic rings. The molecule has 1 aromatic carbocycles. The predicted molar refractivity (Wildman–Crippen MR) is 79.0 cm³/mol. The van der Waals surface area contributed by atoms with Crippen LogP contribution in [0.3, 0.4) is 0 Å². The minimum Gasteiger partial charge on any atom is -0.306 e. The van der Waals surface area contributed by atoms with E-state index in [2.05, 4.69) is 45.7 Å². The Morgan fingerprint density at radius 2 is 2.24 bits per heavy atom. The molecule has 0 radical (unpaired) electrons. The minimum atomic E-state index is 0.202. The van der Waals surface area contributed by atoms with Crippen molar-refractivity contribution < 1.29 is 0 Å². The first kappa shape index (κ1) is 13.1. The number of rotatable bonds is 4. The molecule has 1 atom stereocenters. The van der Waals surface area contributed by atoms with E-state index in [4.69, 9.17) is 11.6 Å². The Morgan fingerprint density at radius 3 is 2.82 bits per heavy atom. The first-order valence-electron chi connectivity index (χ1n) is 5.44. The molecule has 1 aromatic heterocycles. The molecule has 0 bridgehead atoms. The fraction of sp³-hybridized carbons (Fsp3) is 0.231. The first-order valence-corrected chi connectivity index (χ1v) is 7.49. The molecule has 0 fully saturated rings. The highest BCUT2D eigenvalue weighted by Crippen LogP contribution is 2.33. The van der Waals surface area contributed by atoms with Crippen molar-refractivity contribution in [2.24, 2.45) is 0 Å². The summed E-state index contributed by atoms with van der Waals surface area (Å²) < 4.78 is 1.15. The smallest absolute Gasteiger partial charge is 0.0682 e. The number of halogens is 2. The Bertz CT molecular complexity index is 498. The molecule has 0 saturated carbocycles. The van der Waals surface area contributed by atoms with Crippen molar-refractivity contribution in [3.05, 3.63) is 55.6 Å². The average Bonchev–Trinajstić information content (AvgIpc) is 2.72. The number of thiophene rings is 1. The molecular formula is C13H13BrClNS. The Labute approximate surface area is 119 Å². The summed E-state index contributed by atoms with van der Waals surface area (Å²) in [6, 6.07) is 10.3. The van der Waals surface area contributed by atoms with Gasteiger partial charge in [0.05, 0.1) is 6.04 Å². The van der Waals surface area contributed by atoms with Gasteiger partial charge in [0, 0.05) is 14.4 Å². The maximum Gasteiger partial charge on any atom is 0.0682 e. The molecule has 0 aliphatic heterocycles. The Morgan fingerprint density at radius 1 is 1.41 bits per heavy atom. The van der Waals surface area contributed by atoms with E-state index in [1.165, 1.54) is 10.4 Å². The third-order valence-corrected chi connectivity index (χ3v) is 4.67. The summed E-state index contributed by atoms with van der Waals surface area (Å²) in [6.07, 6.45) is 0. The molecule has 0 aliphatic carbocycles. The molecular weight excluding hydrogens is 318 g/mol. The minimum absolute atomic E-state index is 0.202. The van der Waals surface area contributed by atoms with E-state index < -0.39 is 0 Å². The molecule has 2 rings (SSSR count). The molecule has 1 nitrogen and oxygen atoms in total. The molecule has 90 valence electrons. The maximum atomic E-state index is 6.05. The van der Waals surface area contributed by atoms with Gasteiger partial charge in [-0.3, -0.25) is 0 Å². The van der Waals surface area contributed by atoms with Crippen LogP contribution >= 0.6 is 38.9 Å². The zero-order chi connectivity index (χ0) is 12.3. The maximum absolute atomic E-state index is 6.05. The number of hydrogen-bond acceptors (Lipinski definition) is 2. The van der Waals surface area contributed by atoms with Gasteiger partial charge in [0.2, 0.25) is 0 Å². The third-order valence-electron chi connectivity index (χ3n) is 2.50. The largest absolute Gasteiger partial charge is 0.306 e. The molecule has 17 heavy (non-hydrogen) atoms. The SMILES string of the molecule is CCNC(c1cccc(Cl)c1)c1sccc1Br. The van der Waals surface area contributed by atoms with Crippen LogP contribution < -0.4 is 5.32 Å². The molecule has 4 heteroatoms. The molecule has 0 saturated heterocycles. The van der Waals surface area contributed by atoms with E-state index in [1.807, 2.05) is 18.2 Å². The number of benzene rings is 1. The Balaban J connectivity index is 2.39. The standard InChI is InChI=1S/C13H13BrClNS/c1-2-16-12(13-11(14)6-7-17-13)9-4-3-5-10(15)8-9/h3-8,12,16H,2H2,1H3. The fourth-order valence-electron chi connectivity index (χ4n) is 1.76. The highest BCUT2D eigenvalue weighted by atomic mass is 79.9. The van der Waals surface area contributed by atoms with E-state index in [0.29, 0.717) is 0 Å². The summed E-state index contributed by atoms with van der Waals surface area (Å²) in [5.74, 6) is 0. The molecule has 1 N–H and O–H groups in total. The van der Waals surface area contributed by atoms with Crippen molar-refractivity contribution in [2.45, 2.75) is 13.0 Å². The third kappa shape index (κ3) is 3.10. The summed E-state index contributed by atoms with van der Waals surface area (Å²) in [5, 5.41) is 6.36. The van der Waals surface area contributed by atoms with Gasteiger partial charge in [-0.1, -0.05) is 30.7 Å². The van der Waals surface area contributed by atoms with Gasteiger partial charge < -0.3 is 5.32 Å². The van der Waals surface area contributed by atoms with E-state index in [1.54, 1.807) is 11.3 Å². The predicted octanol–water partition coefficient (Wildman–Crippen LogP) is 4.86. The van der Waals surface area contributed by atoms with Gasteiger partial charge in [-0.05, 0) is 51.6 Å². The van der Waals surface area contributed by atoms with Crippen LogP contribution in [0.4, 0.5) is 0 Å². The Kier molecular flexibility index (Phi) is 4.62. The van der Waals surface area contributed by atoms with Gasteiger partial charge in [-0.15, -0.1) is 11.3 Å². The zero-order valence-corrected chi connectivity index (χ0v) is 12.6. The van der Waals surface area contributed by atoms with Crippen LogP contribution in [-0.4, -0.2) is 6.54 Å². The zero-order valence-electron chi connectivity index (χ0n) is 9.41. The van der Waals surface area contributed by atoms with Crippen molar-refractivity contribution in [1.29, 1.82) is 0 Å². The van der Waals surface area contributed by atoms with Gasteiger partial charge in [-0.2, -0.15) is 0 Å². The molecule has 0 spiro atoms. The van der Waals surface area contributed by atoms with Crippen LogP contribution in [0.15, 0.2) is 40.2 Å². The van der Waals surface area contributed by atoms with Crippen LogP contribution in [0.5, 0.6) is 0 Å². The monoisotopic (exact) mass is 329 g/mol. The quantitative estimate of drug-likeness (QED) is 0.844. The second kappa shape index (κ2) is 6.01. The van der Waals surface area contributed by atoms with E-state index >= 15 is 0 Å². The Hall–Kier alpha value is -0.350. The van der Waals surface area contributed by atoms with Crippen molar-refractivity contribution in [2.75, 3.05) is 6.54 Å². The van der Waals surface area contributed by atoms with Crippen LogP contribution in [0.1, 0.15) is 23.4 Å². The fourth-order valence-corrected chi connectivity index (χ4v) is 3.67. The van der Waals surface area contributed by atoms with Gasteiger partial charge >= 0.3 is 0 Å². The highest BCUT2D eigenvalue weighted by molar-refractivity contribution is 9.10.